The predicted octanol–water partition coefficient (Wildman–Crippen LogP) is 4.29. The molecule has 0 radical (unpaired) electrons. The van der Waals surface area contributed by atoms with E-state index in [1.165, 1.54) is 20.5 Å². The molecule has 1 N–H and O–H groups in total. The van der Waals surface area contributed by atoms with E-state index in [0.717, 1.165) is 16.1 Å². The zero-order valence-corrected chi connectivity index (χ0v) is 19.0. The molecule has 1 amide bonds. The Balaban J connectivity index is 1.66. The van der Waals surface area contributed by atoms with Crippen LogP contribution >= 0.6 is 22.7 Å². The predicted molar refractivity (Wildman–Crippen MR) is 128 cm³/mol. The van der Waals surface area contributed by atoms with E-state index >= 15 is 0 Å². The third-order valence-corrected chi connectivity index (χ3v) is 6.98. The Labute approximate surface area is 187 Å². The van der Waals surface area contributed by atoms with E-state index in [4.69, 9.17) is 0 Å². The fraction of sp³-hybridized carbons (Fsp3) is 0.261. The van der Waals surface area contributed by atoms with Crippen molar-refractivity contribution < 1.29 is 4.79 Å². The zero-order chi connectivity index (χ0) is 22.0. The van der Waals surface area contributed by atoms with Crippen LogP contribution in [0.15, 0.2) is 62.8 Å². The number of benzene rings is 1. The number of hydrogen-bond donors (Lipinski definition) is 1. The highest BCUT2D eigenvalue weighted by Crippen LogP contribution is 2.24. The highest BCUT2D eigenvalue weighted by molar-refractivity contribution is 7.17. The number of aryl methyl sites for hydroxylation is 1. The molecule has 4 rings (SSSR count). The second-order valence-electron chi connectivity index (χ2n) is 7.58. The molecule has 8 heteroatoms. The van der Waals surface area contributed by atoms with Gasteiger partial charge < -0.3 is 5.32 Å². The highest BCUT2D eigenvalue weighted by atomic mass is 32.1. The van der Waals surface area contributed by atoms with E-state index in [1.54, 1.807) is 22.8 Å². The van der Waals surface area contributed by atoms with Crippen molar-refractivity contribution in [3.05, 3.63) is 84.5 Å². The molecule has 6 nitrogen and oxygen atoms in total. The Morgan fingerprint density at radius 3 is 2.55 bits per heavy atom. The van der Waals surface area contributed by atoms with E-state index < -0.39 is 5.69 Å². The largest absolute Gasteiger partial charge is 0.332 e. The molecule has 1 aromatic carbocycles. The molecular weight excluding hydrogens is 430 g/mol. The van der Waals surface area contributed by atoms with Crippen LogP contribution in [0.4, 0.5) is 5.69 Å². The molecule has 3 aromatic heterocycles. The molecule has 0 bridgehead atoms. The van der Waals surface area contributed by atoms with Gasteiger partial charge in [0.25, 0.3) is 5.56 Å². The molecule has 0 aliphatic heterocycles. The summed E-state index contributed by atoms with van der Waals surface area (Å²) in [5, 5.41) is 6.68. The summed E-state index contributed by atoms with van der Waals surface area (Å²) in [5.74, 6) is -0.0480. The van der Waals surface area contributed by atoms with Gasteiger partial charge in [-0.2, -0.15) is 0 Å². The average molecular weight is 454 g/mol. The number of aromatic nitrogens is 2. The van der Waals surface area contributed by atoms with Crippen molar-refractivity contribution in [3.63, 3.8) is 0 Å². The lowest BCUT2D eigenvalue weighted by molar-refractivity contribution is -0.116. The average Bonchev–Trinajstić information content (AvgIpc) is 3.43. The number of carbonyl (C=O) groups excluding carboxylic acids is 1. The van der Waals surface area contributed by atoms with Crippen molar-refractivity contribution in [2.45, 2.75) is 39.3 Å². The lowest BCUT2D eigenvalue weighted by Gasteiger charge is -2.15. The van der Waals surface area contributed by atoms with E-state index in [2.05, 4.69) is 19.2 Å². The van der Waals surface area contributed by atoms with Crippen LogP contribution in [0.3, 0.4) is 0 Å². The Morgan fingerprint density at radius 1 is 1.00 bits per heavy atom. The molecule has 0 fully saturated rings. The molecule has 3 heterocycles. The number of hydrogen-bond acceptors (Lipinski definition) is 5. The first-order chi connectivity index (χ1) is 15.0. The molecule has 31 heavy (non-hydrogen) atoms. The van der Waals surface area contributed by atoms with Gasteiger partial charge in [-0.3, -0.25) is 18.7 Å². The first-order valence-electron chi connectivity index (χ1n) is 10.1. The third kappa shape index (κ3) is 4.40. The second-order valence-corrected chi connectivity index (χ2v) is 9.53. The molecule has 0 aliphatic carbocycles. The summed E-state index contributed by atoms with van der Waals surface area (Å²) >= 11 is 2.88. The van der Waals surface area contributed by atoms with Gasteiger partial charge in [-0.1, -0.05) is 38.1 Å². The summed E-state index contributed by atoms with van der Waals surface area (Å²) in [6.45, 7) is 4.25. The summed E-state index contributed by atoms with van der Waals surface area (Å²) in [5.41, 5.74) is 1.51. The molecule has 0 aliphatic rings. The van der Waals surface area contributed by atoms with E-state index in [1.807, 2.05) is 41.8 Å². The number of anilines is 1. The number of para-hydroxylation sites is 1. The Kier molecular flexibility index (Phi) is 6.20. The van der Waals surface area contributed by atoms with Gasteiger partial charge in [0.15, 0.2) is 0 Å². The number of amides is 1. The molecule has 0 saturated heterocycles. The van der Waals surface area contributed by atoms with Crippen molar-refractivity contribution in [1.29, 1.82) is 0 Å². The summed E-state index contributed by atoms with van der Waals surface area (Å²) in [4.78, 5) is 40.0. The fourth-order valence-electron chi connectivity index (χ4n) is 3.61. The number of rotatable bonds is 7. The number of thiophene rings is 2. The standard InChI is InChI=1S/C23H23N3O3S2/c1-15(2)17-7-3-4-8-18(17)24-20(27)14-26-19-10-13-31-21(19)22(28)25(23(26)29)11-9-16-6-5-12-30-16/h3-8,10,12-13,15H,9,11,14H2,1-2H3,(H,24,27). The van der Waals surface area contributed by atoms with Crippen molar-refractivity contribution in [1.82, 2.24) is 9.13 Å². The van der Waals surface area contributed by atoms with Gasteiger partial charge in [-0.25, -0.2) is 4.79 Å². The fourth-order valence-corrected chi connectivity index (χ4v) is 5.15. The van der Waals surface area contributed by atoms with Crippen molar-refractivity contribution in [3.8, 4) is 0 Å². The minimum Gasteiger partial charge on any atom is -0.324 e. The summed E-state index contributed by atoms with van der Waals surface area (Å²) in [6, 6.07) is 13.3. The van der Waals surface area contributed by atoms with Gasteiger partial charge in [-0.15, -0.1) is 22.7 Å². The van der Waals surface area contributed by atoms with Crippen LogP contribution in [0.5, 0.6) is 0 Å². The molecule has 160 valence electrons. The lowest BCUT2D eigenvalue weighted by atomic mass is 10.0. The quantitative estimate of drug-likeness (QED) is 0.454. The van der Waals surface area contributed by atoms with Gasteiger partial charge >= 0.3 is 5.69 Å². The molecular formula is C23H23N3O3S2. The minimum absolute atomic E-state index is 0.155. The first kappa shape index (κ1) is 21.3. The number of nitrogens with one attached hydrogen (secondary N) is 1. The maximum absolute atomic E-state index is 13.2. The van der Waals surface area contributed by atoms with E-state index in [0.29, 0.717) is 16.6 Å². The Morgan fingerprint density at radius 2 is 1.81 bits per heavy atom. The van der Waals surface area contributed by atoms with Crippen LogP contribution in [0.1, 0.15) is 30.2 Å². The number of carbonyl (C=O) groups is 1. The molecule has 0 atom stereocenters. The van der Waals surface area contributed by atoms with E-state index in [-0.39, 0.29) is 30.5 Å². The van der Waals surface area contributed by atoms with Gasteiger partial charge in [0.05, 0.1) is 5.52 Å². The Bertz CT molecular complexity index is 1330. The zero-order valence-electron chi connectivity index (χ0n) is 17.3. The third-order valence-electron chi connectivity index (χ3n) is 5.16. The maximum Gasteiger partial charge on any atom is 0.332 e. The molecule has 0 saturated carbocycles. The second kappa shape index (κ2) is 9.03. The Hall–Kier alpha value is -2.97. The normalized spacial score (nSPS) is 11.3. The molecule has 4 aromatic rings. The SMILES string of the molecule is CC(C)c1ccccc1NC(=O)Cn1c(=O)n(CCc2cccs2)c(=O)c2sccc21. The number of nitrogens with zero attached hydrogens (tertiary/aromatic N) is 2. The topological polar surface area (TPSA) is 73.1 Å². The van der Waals surface area contributed by atoms with Crippen molar-refractivity contribution >= 4 is 44.5 Å². The lowest BCUT2D eigenvalue weighted by Crippen LogP contribution is -2.41. The van der Waals surface area contributed by atoms with Crippen LogP contribution in [0.25, 0.3) is 10.2 Å². The van der Waals surface area contributed by atoms with Gasteiger partial charge in [-0.05, 0) is 46.9 Å². The summed E-state index contributed by atoms with van der Waals surface area (Å²) < 4.78 is 3.13. The number of fused-ring (bicyclic) bond motifs is 1. The smallest absolute Gasteiger partial charge is 0.324 e. The summed E-state index contributed by atoms with van der Waals surface area (Å²) in [7, 11) is 0. The minimum atomic E-state index is -0.459. The van der Waals surface area contributed by atoms with Crippen LogP contribution in [-0.2, 0) is 24.3 Å². The molecule has 0 spiro atoms. The van der Waals surface area contributed by atoms with Crippen molar-refractivity contribution in [2.24, 2.45) is 0 Å². The van der Waals surface area contributed by atoms with Crippen LogP contribution < -0.4 is 16.6 Å². The van der Waals surface area contributed by atoms with Crippen LogP contribution in [-0.4, -0.2) is 15.0 Å². The highest BCUT2D eigenvalue weighted by Gasteiger charge is 2.17. The summed E-state index contributed by atoms with van der Waals surface area (Å²) in [6.07, 6.45) is 0.595. The van der Waals surface area contributed by atoms with Gasteiger partial charge in [0.2, 0.25) is 5.91 Å². The van der Waals surface area contributed by atoms with Crippen LogP contribution in [0, 0.1) is 0 Å². The van der Waals surface area contributed by atoms with E-state index in [9.17, 15) is 14.4 Å². The maximum atomic E-state index is 13.2. The monoisotopic (exact) mass is 453 g/mol. The van der Waals surface area contributed by atoms with Gasteiger partial charge in [0, 0.05) is 17.1 Å². The van der Waals surface area contributed by atoms with Crippen molar-refractivity contribution in [2.75, 3.05) is 5.32 Å². The molecule has 0 unspecified atom stereocenters. The van der Waals surface area contributed by atoms with Crippen LogP contribution in [0.2, 0.25) is 0 Å². The van der Waals surface area contributed by atoms with Gasteiger partial charge in [0.1, 0.15) is 11.2 Å². The first-order valence-corrected chi connectivity index (χ1v) is 11.8.